The number of aromatic nitrogens is 1. The number of hydrogen-bond donors (Lipinski definition) is 2. The molecule has 1 atom stereocenters. The Kier molecular flexibility index (Phi) is 2.62. The van der Waals surface area contributed by atoms with Crippen molar-refractivity contribution in [3.05, 3.63) is 30.1 Å². The van der Waals surface area contributed by atoms with Crippen molar-refractivity contribution >= 4 is 7.60 Å². The molecule has 0 saturated carbocycles. The highest BCUT2D eigenvalue weighted by Gasteiger charge is 2.25. The lowest BCUT2D eigenvalue weighted by atomic mass is 10.2. The van der Waals surface area contributed by atoms with Gasteiger partial charge in [-0.1, -0.05) is 6.07 Å². The summed E-state index contributed by atoms with van der Waals surface area (Å²) in [5.74, 6) is 0. The smallest absolute Gasteiger partial charge is 0.324 e. The molecule has 4 nitrogen and oxygen atoms in total. The minimum absolute atomic E-state index is 0.561. The van der Waals surface area contributed by atoms with Crippen LogP contribution in [0.1, 0.15) is 18.1 Å². The maximum Gasteiger partial charge on any atom is 0.332 e. The molecule has 1 aromatic heterocycles. The lowest BCUT2D eigenvalue weighted by molar-refractivity contribution is 0.361. The molecule has 2 N–H and O–H groups in total. The first kappa shape index (κ1) is 9.39. The van der Waals surface area contributed by atoms with Crippen LogP contribution in [0, 0.1) is 0 Å². The van der Waals surface area contributed by atoms with E-state index in [1.807, 2.05) is 0 Å². The average Bonchev–Trinajstić information content (AvgIpc) is 2.03. The third kappa shape index (κ3) is 2.14. The van der Waals surface area contributed by atoms with Gasteiger partial charge in [0.2, 0.25) is 0 Å². The minimum Gasteiger partial charge on any atom is -0.324 e. The Hall–Kier alpha value is -0.700. The van der Waals surface area contributed by atoms with E-state index in [0.717, 1.165) is 0 Å². The van der Waals surface area contributed by atoms with E-state index in [-0.39, 0.29) is 0 Å². The molecule has 0 saturated heterocycles. The molecule has 0 aliphatic heterocycles. The molecular formula is C7H10NO3P. The maximum atomic E-state index is 10.8. The predicted molar refractivity (Wildman–Crippen MR) is 44.7 cm³/mol. The van der Waals surface area contributed by atoms with Crippen LogP contribution < -0.4 is 0 Å². The Bertz CT molecular complexity index is 295. The fourth-order valence-corrected chi connectivity index (χ4v) is 1.36. The van der Waals surface area contributed by atoms with E-state index in [1.165, 1.54) is 13.1 Å². The van der Waals surface area contributed by atoms with E-state index in [1.54, 1.807) is 18.3 Å². The fraction of sp³-hybridized carbons (Fsp3) is 0.286. The molecule has 0 aliphatic rings. The molecule has 1 aromatic rings. The van der Waals surface area contributed by atoms with Gasteiger partial charge in [0.15, 0.2) is 0 Å². The summed E-state index contributed by atoms with van der Waals surface area (Å²) in [6.45, 7) is 1.48. The Balaban J connectivity index is 2.94. The second kappa shape index (κ2) is 3.35. The second-order valence-electron chi connectivity index (χ2n) is 2.55. The Labute approximate surface area is 70.4 Å². The highest BCUT2D eigenvalue weighted by Crippen LogP contribution is 2.50. The first-order valence-corrected chi connectivity index (χ1v) is 5.15. The van der Waals surface area contributed by atoms with Gasteiger partial charge in [-0.2, -0.15) is 0 Å². The van der Waals surface area contributed by atoms with E-state index in [0.29, 0.717) is 5.56 Å². The van der Waals surface area contributed by atoms with Crippen molar-refractivity contribution in [1.82, 2.24) is 4.98 Å². The number of hydrogen-bond acceptors (Lipinski definition) is 2. The van der Waals surface area contributed by atoms with Crippen molar-refractivity contribution in [3.63, 3.8) is 0 Å². The lowest BCUT2D eigenvalue weighted by Gasteiger charge is -2.12. The first-order chi connectivity index (χ1) is 5.52. The molecule has 0 spiro atoms. The summed E-state index contributed by atoms with van der Waals surface area (Å²) in [4.78, 5) is 21.4. The Morgan fingerprint density at radius 1 is 1.58 bits per heavy atom. The summed E-state index contributed by atoms with van der Waals surface area (Å²) in [6.07, 6.45) is 3.03. The van der Waals surface area contributed by atoms with Gasteiger partial charge in [-0.15, -0.1) is 0 Å². The summed E-state index contributed by atoms with van der Waals surface area (Å²) in [5, 5.41) is 0. The molecule has 0 aliphatic carbocycles. The molecule has 0 amide bonds. The molecule has 66 valence electrons. The van der Waals surface area contributed by atoms with E-state index in [4.69, 9.17) is 9.79 Å². The van der Waals surface area contributed by atoms with E-state index in [9.17, 15) is 4.57 Å². The van der Waals surface area contributed by atoms with Crippen molar-refractivity contribution in [1.29, 1.82) is 0 Å². The van der Waals surface area contributed by atoms with Crippen LogP contribution in [0.5, 0.6) is 0 Å². The number of nitrogens with zero attached hydrogens (tertiary/aromatic N) is 1. The van der Waals surface area contributed by atoms with Crippen LogP contribution in [0.4, 0.5) is 0 Å². The van der Waals surface area contributed by atoms with Gasteiger partial charge in [-0.25, -0.2) is 0 Å². The summed E-state index contributed by atoms with van der Waals surface area (Å²) in [7, 11) is -4.02. The fourth-order valence-electron chi connectivity index (χ4n) is 0.817. The van der Waals surface area contributed by atoms with Crippen LogP contribution in [0.25, 0.3) is 0 Å². The Morgan fingerprint density at radius 2 is 2.25 bits per heavy atom. The van der Waals surface area contributed by atoms with Crippen molar-refractivity contribution in [2.45, 2.75) is 12.6 Å². The van der Waals surface area contributed by atoms with Gasteiger partial charge in [-0.05, 0) is 18.6 Å². The van der Waals surface area contributed by atoms with Gasteiger partial charge in [0, 0.05) is 12.4 Å². The highest BCUT2D eigenvalue weighted by atomic mass is 31.2. The van der Waals surface area contributed by atoms with Crippen LogP contribution in [0.15, 0.2) is 24.5 Å². The molecular weight excluding hydrogens is 177 g/mol. The van der Waals surface area contributed by atoms with Crippen molar-refractivity contribution in [2.24, 2.45) is 0 Å². The summed E-state index contributed by atoms with van der Waals surface area (Å²) < 4.78 is 10.8. The molecule has 1 rings (SSSR count). The normalized spacial score (nSPS) is 14.2. The van der Waals surface area contributed by atoms with Gasteiger partial charge in [-0.3, -0.25) is 9.55 Å². The topological polar surface area (TPSA) is 70.4 Å². The van der Waals surface area contributed by atoms with Crippen LogP contribution in [-0.4, -0.2) is 14.8 Å². The van der Waals surface area contributed by atoms with Gasteiger partial charge >= 0.3 is 7.60 Å². The van der Waals surface area contributed by atoms with Crippen molar-refractivity contribution in [3.8, 4) is 0 Å². The second-order valence-corrected chi connectivity index (χ2v) is 4.50. The van der Waals surface area contributed by atoms with E-state index in [2.05, 4.69) is 4.98 Å². The lowest BCUT2D eigenvalue weighted by Crippen LogP contribution is -1.94. The number of rotatable bonds is 2. The van der Waals surface area contributed by atoms with E-state index >= 15 is 0 Å². The summed E-state index contributed by atoms with van der Waals surface area (Å²) in [6, 6.07) is 3.30. The molecule has 1 unspecified atom stereocenters. The molecule has 0 fully saturated rings. The zero-order valence-electron chi connectivity index (χ0n) is 6.58. The molecule has 5 heteroatoms. The summed E-state index contributed by atoms with van der Waals surface area (Å²) in [5.41, 5.74) is -0.211. The number of pyridine rings is 1. The van der Waals surface area contributed by atoms with Crippen LogP contribution >= 0.6 is 7.60 Å². The predicted octanol–water partition coefficient (Wildman–Crippen LogP) is 1.32. The van der Waals surface area contributed by atoms with E-state index < -0.39 is 13.3 Å². The third-order valence-corrected chi connectivity index (χ3v) is 2.98. The zero-order chi connectivity index (χ0) is 9.19. The monoisotopic (exact) mass is 187 g/mol. The quantitative estimate of drug-likeness (QED) is 0.685. The summed E-state index contributed by atoms with van der Waals surface area (Å²) >= 11 is 0. The van der Waals surface area contributed by atoms with Gasteiger partial charge in [0.1, 0.15) is 0 Å². The van der Waals surface area contributed by atoms with Crippen molar-refractivity contribution < 1.29 is 14.4 Å². The molecule has 0 bridgehead atoms. The third-order valence-electron chi connectivity index (χ3n) is 1.67. The van der Waals surface area contributed by atoms with Crippen molar-refractivity contribution in [2.75, 3.05) is 0 Å². The maximum absolute atomic E-state index is 10.8. The zero-order valence-corrected chi connectivity index (χ0v) is 7.48. The SMILES string of the molecule is CC(c1cccnc1)P(=O)(O)O. The molecule has 1 heterocycles. The van der Waals surface area contributed by atoms with Crippen LogP contribution in [0.3, 0.4) is 0 Å². The minimum atomic E-state index is -4.02. The van der Waals surface area contributed by atoms with Gasteiger partial charge in [0.05, 0.1) is 5.66 Å². The highest BCUT2D eigenvalue weighted by molar-refractivity contribution is 7.52. The molecule has 0 radical (unpaired) electrons. The molecule has 12 heavy (non-hydrogen) atoms. The van der Waals surface area contributed by atoms with Crippen LogP contribution in [-0.2, 0) is 4.57 Å². The first-order valence-electron chi connectivity index (χ1n) is 3.47. The standard InChI is InChI=1S/C7H10NO3P/c1-6(12(9,10)11)7-3-2-4-8-5-7/h2-6H,1H3,(H2,9,10,11). The Morgan fingerprint density at radius 3 is 2.67 bits per heavy atom. The van der Waals surface area contributed by atoms with Gasteiger partial charge < -0.3 is 9.79 Å². The van der Waals surface area contributed by atoms with Gasteiger partial charge in [0.25, 0.3) is 0 Å². The average molecular weight is 187 g/mol. The molecule has 0 aromatic carbocycles. The largest absolute Gasteiger partial charge is 0.332 e. The van der Waals surface area contributed by atoms with Crippen LogP contribution in [0.2, 0.25) is 0 Å².